The van der Waals surface area contributed by atoms with Crippen molar-refractivity contribution >= 4 is 23.2 Å². The van der Waals surface area contributed by atoms with Crippen molar-refractivity contribution < 1.29 is 8.78 Å². The van der Waals surface area contributed by atoms with E-state index in [1.165, 1.54) is 0 Å². The zero-order chi connectivity index (χ0) is 12.4. The highest BCUT2D eigenvalue weighted by atomic mass is 35.5. The Hall–Kier alpha value is -1.12. The van der Waals surface area contributed by atoms with Gasteiger partial charge in [0.25, 0.3) is 0 Å². The Balaban J connectivity index is 2.47. The molecule has 88 valence electrons. The first-order valence-corrected chi connectivity index (χ1v) is 5.74. The van der Waals surface area contributed by atoms with Crippen molar-refractivity contribution in [3.8, 4) is 0 Å². The van der Waals surface area contributed by atoms with Gasteiger partial charge in [0.15, 0.2) is 0 Å². The normalized spacial score (nSPS) is 12.5. The zero-order valence-electron chi connectivity index (χ0n) is 8.63. The molecule has 0 N–H and O–H groups in total. The lowest BCUT2D eigenvalue weighted by Gasteiger charge is -2.12. The average molecular weight is 273 g/mol. The van der Waals surface area contributed by atoms with Gasteiger partial charge in [-0.3, -0.25) is 0 Å². The minimum absolute atomic E-state index is 0.0831. The highest BCUT2D eigenvalue weighted by Crippen LogP contribution is 2.34. The number of benzene rings is 2. The van der Waals surface area contributed by atoms with Crippen LogP contribution in [0.25, 0.3) is 0 Å². The molecule has 1 atom stereocenters. The lowest BCUT2D eigenvalue weighted by atomic mass is 10.0. The quantitative estimate of drug-likeness (QED) is 0.679. The molecule has 0 radical (unpaired) electrons. The van der Waals surface area contributed by atoms with Gasteiger partial charge in [-0.05, 0) is 29.8 Å². The molecule has 0 aliphatic rings. The molecule has 2 aromatic carbocycles. The minimum atomic E-state index is -0.806. The van der Waals surface area contributed by atoms with Crippen molar-refractivity contribution in [2.45, 2.75) is 5.38 Å². The average Bonchev–Trinajstić information content (AvgIpc) is 2.32. The van der Waals surface area contributed by atoms with E-state index in [4.69, 9.17) is 23.2 Å². The van der Waals surface area contributed by atoms with Crippen molar-refractivity contribution in [1.82, 2.24) is 0 Å². The van der Waals surface area contributed by atoms with Gasteiger partial charge >= 0.3 is 0 Å². The van der Waals surface area contributed by atoms with Crippen LogP contribution in [-0.4, -0.2) is 0 Å². The van der Waals surface area contributed by atoms with Crippen LogP contribution in [0.3, 0.4) is 0 Å². The molecule has 2 rings (SSSR count). The van der Waals surface area contributed by atoms with E-state index in [1.807, 2.05) is 0 Å². The Kier molecular flexibility index (Phi) is 3.65. The molecule has 0 saturated heterocycles. The predicted molar refractivity (Wildman–Crippen MR) is 65.5 cm³/mol. The monoisotopic (exact) mass is 272 g/mol. The number of hydrogen-bond acceptors (Lipinski definition) is 0. The maximum atomic E-state index is 13.5. The third-order valence-corrected chi connectivity index (χ3v) is 3.22. The standard InChI is InChI=1S/C13H8Cl2F2/c14-11-4-2-1-3-9(11)13(15)10-7-8(16)5-6-12(10)17/h1-7,13H. The highest BCUT2D eigenvalue weighted by molar-refractivity contribution is 6.33. The second-order valence-electron chi connectivity index (χ2n) is 3.55. The lowest BCUT2D eigenvalue weighted by molar-refractivity contribution is 0.587. The van der Waals surface area contributed by atoms with E-state index in [2.05, 4.69) is 0 Å². The first-order valence-electron chi connectivity index (χ1n) is 4.93. The summed E-state index contributed by atoms with van der Waals surface area (Å²) in [6.45, 7) is 0. The molecule has 0 heterocycles. The fourth-order valence-electron chi connectivity index (χ4n) is 1.56. The van der Waals surface area contributed by atoms with E-state index in [9.17, 15) is 8.78 Å². The van der Waals surface area contributed by atoms with Crippen molar-refractivity contribution in [2.24, 2.45) is 0 Å². The van der Waals surface area contributed by atoms with Gasteiger partial charge in [-0.1, -0.05) is 29.8 Å². The molecule has 0 spiro atoms. The van der Waals surface area contributed by atoms with Crippen LogP contribution in [-0.2, 0) is 0 Å². The molecule has 0 aliphatic heterocycles. The summed E-state index contributed by atoms with van der Waals surface area (Å²) in [4.78, 5) is 0. The van der Waals surface area contributed by atoms with Crippen LogP contribution in [0.2, 0.25) is 5.02 Å². The predicted octanol–water partition coefficient (Wildman–Crippen LogP) is 4.95. The fraction of sp³-hybridized carbons (Fsp3) is 0.0769. The van der Waals surface area contributed by atoms with Gasteiger partial charge in [-0.15, -0.1) is 11.6 Å². The second kappa shape index (κ2) is 5.03. The topological polar surface area (TPSA) is 0 Å². The summed E-state index contributed by atoms with van der Waals surface area (Å²) in [5.41, 5.74) is 0.639. The summed E-state index contributed by atoms with van der Waals surface area (Å²) >= 11 is 12.1. The number of rotatable bonds is 2. The smallest absolute Gasteiger partial charge is 0.128 e. The third-order valence-electron chi connectivity index (χ3n) is 2.41. The summed E-state index contributed by atoms with van der Waals surface area (Å²) < 4.78 is 26.6. The summed E-state index contributed by atoms with van der Waals surface area (Å²) in [5.74, 6) is -1.08. The molecule has 0 aliphatic carbocycles. The number of halogens is 4. The van der Waals surface area contributed by atoms with E-state index in [-0.39, 0.29) is 5.56 Å². The fourth-order valence-corrected chi connectivity index (χ4v) is 2.22. The van der Waals surface area contributed by atoms with E-state index >= 15 is 0 Å². The van der Waals surface area contributed by atoms with Crippen molar-refractivity contribution in [3.63, 3.8) is 0 Å². The van der Waals surface area contributed by atoms with Crippen LogP contribution in [0.4, 0.5) is 8.78 Å². The van der Waals surface area contributed by atoms with E-state index < -0.39 is 17.0 Å². The van der Waals surface area contributed by atoms with Crippen LogP contribution in [0.1, 0.15) is 16.5 Å². The van der Waals surface area contributed by atoms with Gasteiger partial charge in [-0.25, -0.2) is 8.78 Å². The van der Waals surface area contributed by atoms with Crippen LogP contribution in [0, 0.1) is 11.6 Å². The minimum Gasteiger partial charge on any atom is -0.207 e. The van der Waals surface area contributed by atoms with Gasteiger partial charge < -0.3 is 0 Å². The largest absolute Gasteiger partial charge is 0.207 e. The molecular formula is C13H8Cl2F2. The van der Waals surface area contributed by atoms with Gasteiger partial charge in [0.05, 0.1) is 5.38 Å². The van der Waals surface area contributed by atoms with Crippen LogP contribution in [0.5, 0.6) is 0 Å². The SMILES string of the molecule is Fc1ccc(F)c(C(Cl)c2ccccc2Cl)c1. The maximum absolute atomic E-state index is 13.5. The van der Waals surface area contributed by atoms with E-state index in [1.54, 1.807) is 24.3 Å². The van der Waals surface area contributed by atoms with Crippen LogP contribution in [0.15, 0.2) is 42.5 Å². The molecule has 1 unspecified atom stereocenters. The van der Waals surface area contributed by atoms with Crippen LogP contribution < -0.4 is 0 Å². The first-order chi connectivity index (χ1) is 8.09. The Morgan fingerprint density at radius 3 is 2.35 bits per heavy atom. The molecule has 0 aromatic heterocycles. The van der Waals surface area contributed by atoms with Gasteiger partial charge in [0.1, 0.15) is 11.6 Å². The Morgan fingerprint density at radius 2 is 1.65 bits per heavy atom. The summed E-state index contributed by atoms with van der Waals surface area (Å²) in [6.07, 6.45) is 0. The number of hydrogen-bond donors (Lipinski definition) is 0. The molecule has 0 nitrogen and oxygen atoms in total. The highest BCUT2D eigenvalue weighted by Gasteiger charge is 2.18. The van der Waals surface area contributed by atoms with Crippen LogP contribution >= 0.6 is 23.2 Å². The van der Waals surface area contributed by atoms with Gasteiger partial charge in [0, 0.05) is 10.6 Å². The zero-order valence-corrected chi connectivity index (χ0v) is 10.1. The summed E-state index contributed by atoms with van der Waals surface area (Å²) in [7, 11) is 0. The Morgan fingerprint density at radius 1 is 0.941 bits per heavy atom. The molecule has 0 saturated carbocycles. The van der Waals surface area contributed by atoms with E-state index in [0.717, 1.165) is 18.2 Å². The summed E-state index contributed by atoms with van der Waals surface area (Å²) in [6, 6.07) is 10.0. The molecule has 0 amide bonds. The maximum Gasteiger partial charge on any atom is 0.128 e. The molecule has 17 heavy (non-hydrogen) atoms. The van der Waals surface area contributed by atoms with Crippen molar-refractivity contribution in [3.05, 3.63) is 70.2 Å². The molecule has 2 aromatic rings. The molecule has 0 bridgehead atoms. The molecule has 4 heteroatoms. The van der Waals surface area contributed by atoms with E-state index in [0.29, 0.717) is 10.6 Å². The third kappa shape index (κ3) is 2.59. The molecule has 0 fully saturated rings. The first kappa shape index (κ1) is 12.3. The van der Waals surface area contributed by atoms with Crippen molar-refractivity contribution in [1.29, 1.82) is 0 Å². The lowest BCUT2D eigenvalue weighted by Crippen LogP contribution is -1.98. The van der Waals surface area contributed by atoms with Gasteiger partial charge in [-0.2, -0.15) is 0 Å². The second-order valence-corrected chi connectivity index (χ2v) is 4.39. The number of alkyl halides is 1. The van der Waals surface area contributed by atoms with Crippen molar-refractivity contribution in [2.75, 3.05) is 0 Å². The summed E-state index contributed by atoms with van der Waals surface area (Å²) in [5, 5.41) is -0.379. The Labute approximate surface area is 108 Å². The van der Waals surface area contributed by atoms with Gasteiger partial charge in [0.2, 0.25) is 0 Å². The molecular weight excluding hydrogens is 265 g/mol. The Bertz CT molecular complexity index is 541.